The number of allylic oxidation sites excluding steroid dienone is 3. The molecular weight excluding hydrogens is 789 g/mol. The first-order valence-electron chi connectivity index (χ1n) is 23.3. The number of aliphatic hydroxyl groups is 3. The molecule has 9 aliphatic rings. The number of esters is 1. The highest BCUT2D eigenvalue weighted by Crippen LogP contribution is 2.55. The molecule has 3 N–H and O–H groups in total. The molecule has 19 atom stereocenters. The van der Waals surface area contributed by atoms with Crippen LogP contribution in [0.5, 0.6) is 0 Å². The molecule has 0 aromatic carbocycles. The Balaban J connectivity index is 1.00. The van der Waals surface area contributed by atoms with Crippen LogP contribution in [0, 0.1) is 17.8 Å². The standard InChI is InChI=1S/C47H70O14/c1-26-10-11-32-34(22-37(54-32)47(52)39(49)28(3)14-20-53-47)55-41(51)29(4)31-9-8-15-45(56-31)17-12-33(57-45)40(50)44(7)24-30(48)38(60-44)35-25-43(6)18-19-46(58-35,61-43)36-13-16-42(5,59-36)23-27(2)21-26/h10-11,21,27-29,31-40,49-50,52H,8-9,12-20,22-25H2,1-7H3/b11-10+,26-21-/t27-,28+,29+,31-,32+,33-,34+,35+,36+,37-,38-,39+,40-,42+,43-,44+,45+,46-,47+/m1/s1. The van der Waals surface area contributed by atoms with Gasteiger partial charge in [0.1, 0.15) is 48.3 Å². The molecule has 0 aliphatic carbocycles. The lowest BCUT2D eigenvalue weighted by atomic mass is 9.87. The summed E-state index contributed by atoms with van der Waals surface area (Å²) in [5.74, 6) is -5.28. The van der Waals surface area contributed by atoms with Gasteiger partial charge in [0.2, 0.25) is 5.79 Å². The second-order valence-electron chi connectivity index (χ2n) is 21.3. The summed E-state index contributed by atoms with van der Waals surface area (Å²) in [7, 11) is 0. The molecule has 342 valence electrons. The van der Waals surface area contributed by atoms with Crippen LogP contribution in [0.3, 0.4) is 0 Å². The van der Waals surface area contributed by atoms with Gasteiger partial charge in [-0.05, 0) is 97.8 Å². The number of Topliss-reactive ketones (excluding diaryl/α,β-unsaturated/α-hetero) is 1. The van der Waals surface area contributed by atoms with E-state index in [9.17, 15) is 24.9 Å². The molecule has 8 fully saturated rings. The van der Waals surface area contributed by atoms with Crippen molar-refractivity contribution in [3.05, 3.63) is 23.8 Å². The molecule has 0 aromatic heterocycles. The van der Waals surface area contributed by atoms with Crippen LogP contribution in [0.25, 0.3) is 0 Å². The lowest BCUT2D eigenvalue weighted by Crippen LogP contribution is -2.59. The zero-order valence-electron chi connectivity index (χ0n) is 37.2. The van der Waals surface area contributed by atoms with Gasteiger partial charge in [-0.3, -0.25) is 9.59 Å². The highest BCUT2D eigenvalue weighted by Gasteiger charge is 2.65. The fraction of sp³-hybridized carbons (Fsp3) is 0.872. The summed E-state index contributed by atoms with van der Waals surface area (Å²) in [6.07, 6.45) is 6.36. The van der Waals surface area contributed by atoms with Gasteiger partial charge in [0, 0.05) is 38.5 Å². The van der Waals surface area contributed by atoms with E-state index in [0.29, 0.717) is 44.9 Å². The van der Waals surface area contributed by atoms with Crippen molar-refractivity contribution in [2.75, 3.05) is 6.61 Å². The van der Waals surface area contributed by atoms with Crippen molar-refractivity contribution >= 4 is 11.8 Å². The van der Waals surface area contributed by atoms with Gasteiger partial charge in [-0.25, -0.2) is 0 Å². The fourth-order valence-corrected chi connectivity index (χ4v) is 12.5. The van der Waals surface area contributed by atoms with E-state index in [0.717, 1.165) is 37.7 Å². The van der Waals surface area contributed by atoms with Crippen molar-refractivity contribution in [3.8, 4) is 0 Å². The first kappa shape index (κ1) is 44.4. The summed E-state index contributed by atoms with van der Waals surface area (Å²) in [4.78, 5) is 28.0. The number of ketones is 1. The van der Waals surface area contributed by atoms with Crippen molar-refractivity contribution in [1.29, 1.82) is 0 Å². The second-order valence-corrected chi connectivity index (χ2v) is 21.3. The number of carbonyl (C=O) groups excluding carboxylic acids is 2. The highest BCUT2D eigenvalue weighted by atomic mass is 16.8. The lowest BCUT2D eigenvalue weighted by molar-refractivity contribution is -0.359. The molecule has 9 aliphatic heterocycles. The summed E-state index contributed by atoms with van der Waals surface area (Å²) in [6, 6.07) is 0. The number of fused-ring (bicyclic) bond motifs is 10. The van der Waals surface area contributed by atoms with Crippen LogP contribution in [0.1, 0.15) is 138 Å². The number of rotatable bonds is 1. The van der Waals surface area contributed by atoms with Crippen LogP contribution in [-0.4, -0.2) is 129 Å². The van der Waals surface area contributed by atoms with Crippen LogP contribution >= 0.6 is 0 Å². The Morgan fingerprint density at radius 2 is 1.54 bits per heavy atom. The van der Waals surface area contributed by atoms with Crippen LogP contribution in [-0.2, 0) is 52.2 Å². The molecule has 14 heteroatoms. The molecule has 10 bridgehead atoms. The van der Waals surface area contributed by atoms with E-state index in [1.54, 1.807) is 13.8 Å². The number of hydrogen-bond donors (Lipinski definition) is 3. The van der Waals surface area contributed by atoms with Crippen LogP contribution in [0.15, 0.2) is 23.8 Å². The Kier molecular flexibility index (Phi) is 11.6. The van der Waals surface area contributed by atoms with Crippen molar-refractivity contribution in [2.45, 2.75) is 234 Å². The summed E-state index contributed by atoms with van der Waals surface area (Å²) >= 11 is 0. The first-order chi connectivity index (χ1) is 28.7. The maximum absolute atomic E-state index is 14.1. The molecule has 0 saturated carbocycles. The molecular formula is C47H70O14. The maximum Gasteiger partial charge on any atom is 0.311 e. The largest absolute Gasteiger partial charge is 0.459 e. The molecule has 14 nitrogen and oxygen atoms in total. The van der Waals surface area contributed by atoms with Gasteiger partial charge in [-0.2, -0.15) is 0 Å². The zero-order valence-corrected chi connectivity index (χ0v) is 37.2. The number of carbonyl (C=O) groups is 2. The third kappa shape index (κ3) is 8.14. The Morgan fingerprint density at radius 3 is 2.34 bits per heavy atom. The number of hydrogen-bond acceptors (Lipinski definition) is 14. The van der Waals surface area contributed by atoms with Gasteiger partial charge in [0.15, 0.2) is 17.4 Å². The van der Waals surface area contributed by atoms with E-state index in [4.69, 9.17) is 42.6 Å². The second kappa shape index (κ2) is 16.0. The molecule has 0 unspecified atom stereocenters. The van der Waals surface area contributed by atoms with Crippen LogP contribution in [0.2, 0.25) is 0 Å². The van der Waals surface area contributed by atoms with E-state index in [1.807, 2.05) is 26.0 Å². The highest BCUT2D eigenvalue weighted by molar-refractivity contribution is 5.86. The van der Waals surface area contributed by atoms with Crippen molar-refractivity contribution in [1.82, 2.24) is 0 Å². The lowest BCUT2D eigenvalue weighted by Gasteiger charge is -2.47. The van der Waals surface area contributed by atoms with Crippen LogP contribution < -0.4 is 0 Å². The van der Waals surface area contributed by atoms with Gasteiger partial charge in [0.25, 0.3) is 0 Å². The Bertz CT molecular complexity index is 1750. The monoisotopic (exact) mass is 858 g/mol. The fourth-order valence-electron chi connectivity index (χ4n) is 12.5. The first-order valence-corrected chi connectivity index (χ1v) is 23.3. The topological polar surface area (TPSA) is 178 Å². The summed E-state index contributed by atoms with van der Waals surface area (Å²) in [6.45, 7) is 14.1. The molecule has 9 rings (SSSR count). The molecule has 0 amide bonds. The van der Waals surface area contributed by atoms with Gasteiger partial charge < -0.3 is 58.0 Å². The summed E-state index contributed by atoms with van der Waals surface area (Å²) in [5, 5.41) is 34.8. The van der Waals surface area contributed by atoms with Gasteiger partial charge in [-0.15, -0.1) is 0 Å². The Morgan fingerprint density at radius 1 is 0.754 bits per heavy atom. The van der Waals surface area contributed by atoms with Crippen molar-refractivity contribution < 1.29 is 67.5 Å². The maximum atomic E-state index is 14.1. The van der Waals surface area contributed by atoms with Crippen molar-refractivity contribution in [2.24, 2.45) is 17.8 Å². The number of ether oxygens (including phenoxy) is 9. The Hall–Kier alpha value is -1.82. The SMILES string of the molecule is CC1=C/[C@@H](C)C[C@]2(C)CC[C@H](O2)[C@]23CC[C@](C)(C[C@H](O2)[C@@H]2O[C@@](C)(CC2=O)[C@H](O)[C@H]2CC[C@]4(CCC[C@@H](O4)[C@H](C)C(=O)O[C@H]4C[C@H]([C@]5(O)OCC[C@H](C)[C@@H]5O)O[C@H]4\C=C\1)O2)O3. The molecule has 61 heavy (non-hydrogen) atoms. The molecule has 8 saturated heterocycles. The van der Waals surface area contributed by atoms with Crippen molar-refractivity contribution in [3.63, 3.8) is 0 Å². The Labute approximate surface area is 360 Å². The van der Waals surface area contributed by atoms with E-state index >= 15 is 0 Å². The normalized spacial score (nSPS) is 55.7. The van der Waals surface area contributed by atoms with Crippen LogP contribution in [0.4, 0.5) is 0 Å². The van der Waals surface area contributed by atoms with Gasteiger partial charge >= 0.3 is 5.97 Å². The molecule has 0 aromatic rings. The van der Waals surface area contributed by atoms with Gasteiger partial charge in [0.05, 0.1) is 42.0 Å². The average molecular weight is 859 g/mol. The molecule has 2 spiro atoms. The summed E-state index contributed by atoms with van der Waals surface area (Å²) < 4.78 is 59.0. The predicted molar refractivity (Wildman–Crippen MR) is 218 cm³/mol. The zero-order chi connectivity index (χ0) is 43.3. The molecule has 0 radical (unpaired) electrons. The van der Waals surface area contributed by atoms with E-state index in [1.165, 1.54) is 0 Å². The smallest absolute Gasteiger partial charge is 0.311 e. The average Bonchev–Trinajstić information content (AvgIpc) is 4.02. The summed E-state index contributed by atoms with van der Waals surface area (Å²) in [5.41, 5.74) is -1.17. The number of aliphatic hydroxyl groups excluding tert-OH is 2. The van der Waals surface area contributed by atoms with E-state index in [-0.39, 0.29) is 43.2 Å². The minimum Gasteiger partial charge on any atom is -0.459 e. The van der Waals surface area contributed by atoms with Gasteiger partial charge in [-0.1, -0.05) is 37.6 Å². The minimum absolute atomic E-state index is 0.0222. The minimum atomic E-state index is -1.95. The quantitative estimate of drug-likeness (QED) is 0.291. The molecule has 9 heterocycles. The third-order valence-electron chi connectivity index (χ3n) is 15.9. The van der Waals surface area contributed by atoms with E-state index < -0.39 is 101 Å². The third-order valence-corrected chi connectivity index (χ3v) is 15.9. The predicted octanol–water partition coefficient (Wildman–Crippen LogP) is 5.25. The van der Waals surface area contributed by atoms with E-state index in [2.05, 4.69) is 26.8 Å².